The predicted molar refractivity (Wildman–Crippen MR) is 358 cm³/mol. The fraction of sp³-hybridized carbons (Fsp3) is 1.00. The summed E-state index contributed by atoms with van der Waals surface area (Å²) in [7, 11) is 9.86. The van der Waals surface area contributed by atoms with Gasteiger partial charge in [-0.05, 0) is 57.8 Å². The van der Waals surface area contributed by atoms with Gasteiger partial charge in [-0.1, -0.05) is 271 Å². The standard InChI is InChI=1S/3C25H50N.H3O4P/c3*1-4-5-6-7-8-9-10-11-12-13-14-15-16-17-21-25-22-18-19-24(20-23-25)26(25,2)3;1-5(2,3)4/h3*24H,4-23H2,1-3H3;(H3,1,2,3,4)/q3*+1;/p-3/t3*24-,25+;/m111./s1. The molecule has 8 heteroatoms. The van der Waals surface area contributed by atoms with Crippen molar-refractivity contribution < 1.29 is 32.7 Å². The number of hydrogen-bond donors (Lipinski definition) is 0. The largest absolute Gasteiger partial charge is 0.822 e. The smallest absolute Gasteiger partial charge is 0.0992 e. The molecule has 0 N–H and O–H groups in total. The number of nitrogens with zero attached hydrogens (tertiary/aromatic N) is 3. The summed E-state index contributed by atoms with van der Waals surface area (Å²) in [4.78, 5) is 25.6. The van der Waals surface area contributed by atoms with Crippen molar-refractivity contribution in [2.45, 2.75) is 441 Å². The van der Waals surface area contributed by atoms with E-state index in [4.69, 9.17) is 19.2 Å². The van der Waals surface area contributed by atoms with Gasteiger partial charge in [-0.15, -0.1) is 0 Å². The minimum absolute atomic E-state index is 0.667. The van der Waals surface area contributed by atoms with E-state index >= 15 is 0 Å². The lowest BCUT2D eigenvalue weighted by atomic mass is 9.81. The van der Waals surface area contributed by atoms with Crippen molar-refractivity contribution in [3.8, 4) is 0 Å². The molecular weight excluding hydrogens is 1040 g/mol. The maximum Gasteiger partial charge on any atom is 0.0992 e. The average Bonchev–Trinajstić information content (AvgIpc) is 2.34. The molecule has 6 rings (SSSR count). The van der Waals surface area contributed by atoms with Crippen molar-refractivity contribution in [1.29, 1.82) is 0 Å². The summed E-state index contributed by atoms with van der Waals surface area (Å²) < 4.78 is 12.6. The number of phosphoric acid groups is 1. The fourth-order valence-electron chi connectivity index (χ4n) is 18.5. The summed E-state index contributed by atoms with van der Waals surface area (Å²) in [5.41, 5.74) is 2.00. The molecule has 7 nitrogen and oxygen atoms in total. The van der Waals surface area contributed by atoms with Gasteiger partial charge in [0.1, 0.15) is 0 Å². The van der Waals surface area contributed by atoms with Crippen LogP contribution in [0.3, 0.4) is 0 Å². The molecule has 494 valence electrons. The molecule has 83 heavy (non-hydrogen) atoms. The molecule has 6 aliphatic rings. The van der Waals surface area contributed by atoms with Gasteiger partial charge in [0.25, 0.3) is 0 Å². The molecule has 0 amide bonds. The number of piperidine rings is 3. The van der Waals surface area contributed by atoms with E-state index in [-0.39, 0.29) is 0 Å². The van der Waals surface area contributed by atoms with Crippen LogP contribution in [0.25, 0.3) is 0 Å². The van der Waals surface area contributed by atoms with Gasteiger partial charge in [-0.25, -0.2) is 0 Å². The SMILES string of the molecule is CCCCCCCCCCCCCCCC[C@]12CCC[C@H](CC1)[N+]2(C)C.CCCCCCCCCCCCCCCC[C@]12CCC[C@H](CC1)[N+]2(C)C.CCCCCCCCCCCCCCCC[C@]12CCC[C@H](CC1)[N+]2(C)C.O=P([O-])([O-])[O-]. The van der Waals surface area contributed by atoms with Gasteiger partial charge < -0.3 is 32.7 Å². The van der Waals surface area contributed by atoms with Crippen molar-refractivity contribution in [1.82, 2.24) is 0 Å². The maximum absolute atomic E-state index is 8.55. The molecule has 6 heterocycles. The summed E-state index contributed by atoms with van der Waals surface area (Å²) in [6.45, 7) is 6.92. The van der Waals surface area contributed by atoms with Crippen molar-refractivity contribution in [2.75, 3.05) is 42.3 Å². The Kier molecular flexibility index (Phi) is 40.6. The normalized spacial score (nSPS) is 26.2. The van der Waals surface area contributed by atoms with Crippen LogP contribution in [0.4, 0.5) is 0 Å². The first-order valence-corrected chi connectivity index (χ1v) is 39.6. The minimum atomic E-state index is -5.39. The first-order chi connectivity index (χ1) is 39.9. The van der Waals surface area contributed by atoms with E-state index in [1.54, 1.807) is 0 Å². The van der Waals surface area contributed by atoms with Crippen LogP contribution in [-0.4, -0.2) is 90.5 Å². The molecule has 6 aliphatic heterocycles. The molecule has 6 atom stereocenters. The topological polar surface area (TPSA) is 86.2 Å². The molecule has 0 radical (unpaired) electrons. The second-order valence-electron chi connectivity index (χ2n) is 31.0. The quantitative estimate of drug-likeness (QED) is 0.0345. The summed E-state index contributed by atoms with van der Waals surface area (Å²) in [5.74, 6) is 0. The highest BCUT2D eigenvalue weighted by Crippen LogP contribution is 2.53. The molecule has 0 aromatic carbocycles. The van der Waals surface area contributed by atoms with Crippen molar-refractivity contribution in [3.63, 3.8) is 0 Å². The van der Waals surface area contributed by atoms with E-state index in [1.165, 1.54) is 399 Å². The van der Waals surface area contributed by atoms with Crippen LogP contribution in [0.1, 0.15) is 406 Å². The Morgan fingerprint density at radius 3 is 0.602 bits per heavy atom. The molecule has 6 bridgehead atoms. The molecule has 0 aromatic rings. The van der Waals surface area contributed by atoms with E-state index in [2.05, 4.69) is 63.1 Å². The highest BCUT2D eigenvalue weighted by Gasteiger charge is 2.58. The Balaban J connectivity index is 0.000000313. The van der Waals surface area contributed by atoms with Gasteiger partial charge in [0.2, 0.25) is 0 Å². The van der Waals surface area contributed by atoms with E-state index in [1.807, 2.05) is 0 Å². The van der Waals surface area contributed by atoms with Crippen LogP contribution in [0, 0.1) is 0 Å². The Hall–Kier alpha value is -0.0100. The summed E-state index contributed by atoms with van der Waals surface area (Å²) in [5, 5.41) is 0. The number of fused-ring (bicyclic) bond motifs is 6. The van der Waals surface area contributed by atoms with Gasteiger partial charge in [0, 0.05) is 77.0 Å². The zero-order chi connectivity index (χ0) is 60.7. The second-order valence-corrected chi connectivity index (χ2v) is 31.9. The lowest BCUT2D eigenvalue weighted by molar-refractivity contribution is -0.956. The Morgan fingerprint density at radius 1 is 0.277 bits per heavy atom. The van der Waals surface area contributed by atoms with Gasteiger partial charge in [0.05, 0.1) is 77.0 Å². The number of quaternary nitrogens is 3. The van der Waals surface area contributed by atoms with Crippen LogP contribution >= 0.6 is 7.82 Å². The highest BCUT2D eigenvalue weighted by molar-refractivity contribution is 7.40. The number of rotatable bonds is 45. The Bertz CT molecular complexity index is 1410. The minimum Gasteiger partial charge on any atom is -0.822 e. The summed E-state index contributed by atoms with van der Waals surface area (Å²) in [6, 6.07) is 2.95. The third kappa shape index (κ3) is 28.8. The molecule has 0 unspecified atom stereocenters. The summed E-state index contributed by atoms with van der Waals surface area (Å²) >= 11 is 0. The molecule has 0 saturated carbocycles. The van der Waals surface area contributed by atoms with Crippen LogP contribution in [0.15, 0.2) is 0 Å². The number of hydrogen-bond acceptors (Lipinski definition) is 4. The van der Waals surface area contributed by atoms with Gasteiger partial charge in [-0.2, -0.15) is 7.82 Å². The Labute approximate surface area is 521 Å². The third-order valence-electron chi connectivity index (χ3n) is 24.8. The molecular formula is C75H150N3O4P. The van der Waals surface area contributed by atoms with Crippen LogP contribution < -0.4 is 14.7 Å². The maximum atomic E-state index is 8.55. The second kappa shape index (κ2) is 43.7. The fourth-order valence-corrected chi connectivity index (χ4v) is 18.5. The van der Waals surface area contributed by atoms with Gasteiger partial charge in [0.15, 0.2) is 0 Å². The highest BCUT2D eigenvalue weighted by atomic mass is 31.2. The molecule has 0 aromatic heterocycles. The lowest BCUT2D eigenvalue weighted by Crippen LogP contribution is -2.61. The first-order valence-electron chi connectivity index (χ1n) is 38.1. The van der Waals surface area contributed by atoms with Gasteiger partial charge in [-0.3, -0.25) is 0 Å². The first kappa shape index (κ1) is 77.2. The molecule has 0 spiro atoms. The van der Waals surface area contributed by atoms with E-state index in [0.29, 0.717) is 16.6 Å². The lowest BCUT2D eigenvalue weighted by Gasteiger charge is -2.50. The van der Waals surface area contributed by atoms with Gasteiger partial charge >= 0.3 is 0 Å². The predicted octanol–water partition coefficient (Wildman–Crippen LogP) is 21.2. The van der Waals surface area contributed by atoms with E-state index in [0.717, 1.165) is 18.1 Å². The van der Waals surface area contributed by atoms with E-state index < -0.39 is 7.82 Å². The monoisotopic (exact) mass is 1190 g/mol. The van der Waals surface area contributed by atoms with Crippen molar-refractivity contribution in [3.05, 3.63) is 0 Å². The zero-order valence-corrected chi connectivity index (χ0v) is 59.0. The molecule has 0 aliphatic carbocycles. The van der Waals surface area contributed by atoms with Crippen LogP contribution in [0.2, 0.25) is 0 Å². The summed E-state index contributed by atoms with van der Waals surface area (Å²) in [6.07, 6.45) is 89.1. The van der Waals surface area contributed by atoms with E-state index in [9.17, 15) is 0 Å². The van der Waals surface area contributed by atoms with Crippen LogP contribution in [-0.2, 0) is 4.57 Å². The van der Waals surface area contributed by atoms with Crippen molar-refractivity contribution in [2.24, 2.45) is 0 Å². The van der Waals surface area contributed by atoms with Crippen molar-refractivity contribution >= 4 is 7.82 Å². The average molecular weight is 1190 g/mol. The Morgan fingerprint density at radius 2 is 0.434 bits per heavy atom. The number of unbranched alkanes of at least 4 members (excludes halogenated alkanes) is 39. The third-order valence-corrected chi connectivity index (χ3v) is 24.8. The zero-order valence-electron chi connectivity index (χ0n) is 58.1. The van der Waals surface area contributed by atoms with Crippen LogP contribution in [0.5, 0.6) is 0 Å². The molecule has 6 saturated heterocycles. The molecule has 6 fully saturated rings.